The number of fused-ring (bicyclic) bond motifs is 1. The molecule has 0 bridgehead atoms. The van der Waals surface area contributed by atoms with E-state index >= 15 is 0 Å². The second kappa shape index (κ2) is 4.72. The number of hydrogen-bond donors (Lipinski definition) is 1. The molecule has 2 aromatic rings. The summed E-state index contributed by atoms with van der Waals surface area (Å²) in [6.07, 6.45) is 0.280. The number of rotatable bonds is 4. The molecule has 0 aliphatic carbocycles. The highest BCUT2D eigenvalue weighted by molar-refractivity contribution is 6.00. The van der Waals surface area contributed by atoms with Crippen LogP contribution in [0, 0.1) is 6.92 Å². The molecule has 0 amide bonds. The predicted octanol–water partition coefficient (Wildman–Crippen LogP) is 3.08. The van der Waals surface area contributed by atoms with Crippen LogP contribution in [0.5, 0.6) is 0 Å². The number of carbonyl (C=O) groups is 1. The number of Topliss-reactive ketones (excluding diaryl/α,β-unsaturated/α-hetero) is 1. The van der Waals surface area contributed by atoms with Gasteiger partial charge in [-0.2, -0.15) is 0 Å². The Hall–Kier alpha value is -1.61. The maximum atomic E-state index is 11.8. The van der Waals surface area contributed by atoms with E-state index < -0.39 is 6.10 Å². The van der Waals surface area contributed by atoms with Gasteiger partial charge >= 0.3 is 0 Å². The van der Waals surface area contributed by atoms with Crippen LogP contribution >= 0.6 is 0 Å². The first kappa shape index (κ1) is 11.9. The highest BCUT2D eigenvalue weighted by Crippen LogP contribution is 2.22. The van der Waals surface area contributed by atoms with E-state index in [4.69, 9.17) is 4.42 Å². The quantitative estimate of drug-likeness (QED) is 0.824. The molecule has 1 unspecified atom stereocenters. The summed E-state index contributed by atoms with van der Waals surface area (Å²) >= 11 is 0. The van der Waals surface area contributed by atoms with Gasteiger partial charge < -0.3 is 9.52 Å². The van der Waals surface area contributed by atoms with Crippen molar-refractivity contribution in [2.24, 2.45) is 0 Å². The van der Waals surface area contributed by atoms with Crippen molar-refractivity contribution in [2.75, 3.05) is 0 Å². The van der Waals surface area contributed by atoms with E-state index in [0.717, 1.165) is 17.4 Å². The summed E-state index contributed by atoms with van der Waals surface area (Å²) in [5.74, 6) is -0.0905. The number of hydrogen-bond acceptors (Lipinski definition) is 3. The van der Waals surface area contributed by atoms with Gasteiger partial charge in [0.15, 0.2) is 5.76 Å². The Labute approximate surface area is 100 Å². The third kappa shape index (κ3) is 2.39. The summed E-state index contributed by atoms with van der Waals surface area (Å²) in [6.45, 7) is 3.92. The smallest absolute Gasteiger partial charge is 0.226 e. The van der Waals surface area contributed by atoms with E-state index in [0.29, 0.717) is 12.0 Å². The molecular formula is C14H16O3. The van der Waals surface area contributed by atoms with Crippen molar-refractivity contribution in [3.05, 3.63) is 35.6 Å². The van der Waals surface area contributed by atoms with Gasteiger partial charge in [0.05, 0.1) is 0 Å². The summed E-state index contributed by atoms with van der Waals surface area (Å²) in [6, 6.07) is 7.43. The van der Waals surface area contributed by atoms with Crippen LogP contribution in [0.15, 0.2) is 28.7 Å². The van der Waals surface area contributed by atoms with E-state index in [9.17, 15) is 9.90 Å². The lowest BCUT2D eigenvalue weighted by Gasteiger charge is -2.04. The van der Waals surface area contributed by atoms with Gasteiger partial charge in [0.1, 0.15) is 11.7 Å². The van der Waals surface area contributed by atoms with Crippen LogP contribution in [0.4, 0.5) is 0 Å². The average Bonchev–Trinajstić information content (AvgIpc) is 2.71. The van der Waals surface area contributed by atoms with Gasteiger partial charge in [-0.05, 0) is 31.5 Å². The van der Waals surface area contributed by atoms with Crippen LogP contribution in [0.25, 0.3) is 11.0 Å². The van der Waals surface area contributed by atoms with E-state index in [-0.39, 0.29) is 11.5 Å². The van der Waals surface area contributed by atoms with Gasteiger partial charge in [0.2, 0.25) is 5.78 Å². The summed E-state index contributed by atoms with van der Waals surface area (Å²) in [5.41, 5.74) is 1.80. The number of benzene rings is 1. The molecule has 1 aromatic carbocycles. The minimum atomic E-state index is -0.957. The van der Waals surface area contributed by atoms with Gasteiger partial charge in [-0.1, -0.05) is 25.0 Å². The summed E-state index contributed by atoms with van der Waals surface area (Å²) < 4.78 is 5.44. The van der Waals surface area contributed by atoms with Crippen molar-refractivity contribution in [2.45, 2.75) is 32.8 Å². The molecule has 0 fully saturated rings. The molecule has 0 spiro atoms. The van der Waals surface area contributed by atoms with E-state index in [2.05, 4.69) is 0 Å². The molecular weight excluding hydrogens is 216 g/mol. The van der Waals surface area contributed by atoms with Crippen molar-refractivity contribution in [3.63, 3.8) is 0 Å². The molecule has 0 radical (unpaired) electrons. The molecule has 1 aromatic heterocycles. The topological polar surface area (TPSA) is 50.4 Å². The van der Waals surface area contributed by atoms with Crippen molar-refractivity contribution >= 4 is 16.8 Å². The third-order valence-corrected chi connectivity index (χ3v) is 2.78. The Bertz CT molecular complexity index is 539. The van der Waals surface area contributed by atoms with Crippen LogP contribution in [0.1, 0.15) is 35.9 Å². The van der Waals surface area contributed by atoms with E-state index in [1.165, 1.54) is 0 Å². The van der Waals surface area contributed by atoms with Crippen LogP contribution in [-0.2, 0) is 0 Å². The van der Waals surface area contributed by atoms with Crippen molar-refractivity contribution < 1.29 is 14.3 Å². The third-order valence-electron chi connectivity index (χ3n) is 2.78. The molecule has 2 rings (SSSR count). The predicted molar refractivity (Wildman–Crippen MR) is 66.2 cm³/mol. The summed E-state index contributed by atoms with van der Waals surface area (Å²) in [5, 5.41) is 10.5. The minimum Gasteiger partial charge on any atom is -0.453 e. The number of ketones is 1. The standard InChI is InChI=1S/C14H16O3/c1-3-4-11(15)14(16)13-8-10-7-9(2)5-6-12(10)17-13/h5-8,11,15H,3-4H2,1-2H3. The molecule has 1 atom stereocenters. The SMILES string of the molecule is CCCC(O)C(=O)c1cc2cc(C)ccc2o1. The van der Waals surface area contributed by atoms with Crippen molar-refractivity contribution in [3.8, 4) is 0 Å². The number of carbonyl (C=O) groups excluding carboxylic acids is 1. The fourth-order valence-electron chi connectivity index (χ4n) is 1.85. The lowest BCUT2D eigenvalue weighted by atomic mass is 10.1. The molecule has 17 heavy (non-hydrogen) atoms. The molecule has 0 saturated heterocycles. The minimum absolute atomic E-state index is 0.242. The lowest BCUT2D eigenvalue weighted by Crippen LogP contribution is -2.19. The Morgan fingerprint density at radius 3 is 2.88 bits per heavy atom. The Balaban J connectivity index is 2.33. The Morgan fingerprint density at radius 1 is 1.41 bits per heavy atom. The molecule has 1 N–H and O–H groups in total. The van der Waals surface area contributed by atoms with Gasteiger partial charge in [0.25, 0.3) is 0 Å². The molecule has 0 saturated carbocycles. The fourth-order valence-corrected chi connectivity index (χ4v) is 1.85. The monoisotopic (exact) mass is 232 g/mol. The Morgan fingerprint density at radius 2 is 2.18 bits per heavy atom. The van der Waals surface area contributed by atoms with E-state index in [1.54, 1.807) is 6.07 Å². The highest BCUT2D eigenvalue weighted by Gasteiger charge is 2.20. The lowest BCUT2D eigenvalue weighted by molar-refractivity contribution is 0.0702. The van der Waals surface area contributed by atoms with Crippen LogP contribution in [0.3, 0.4) is 0 Å². The molecule has 0 aliphatic rings. The maximum absolute atomic E-state index is 11.8. The molecule has 90 valence electrons. The second-order valence-corrected chi connectivity index (χ2v) is 4.32. The van der Waals surface area contributed by atoms with Crippen molar-refractivity contribution in [1.82, 2.24) is 0 Å². The van der Waals surface area contributed by atoms with Gasteiger partial charge in [-0.3, -0.25) is 4.79 Å². The number of furan rings is 1. The first-order valence-electron chi connectivity index (χ1n) is 5.84. The van der Waals surface area contributed by atoms with Gasteiger partial charge in [0, 0.05) is 5.39 Å². The zero-order valence-corrected chi connectivity index (χ0v) is 10.1. The van der Waals surface area contributed by atoms with Crippen molar-refractivity contribution in [1.29, 1.82) is 0 Å². The first-order valence-corrected chi connectivity index (χ1v) is 5.84. The van der Waals surface area contributed by atoms with Gasteiger partial charge in [-0.15, -0.1) is 0 Å². The fraction of sp³-hybridized carbons (Fsp3) is 0.357. The first-order chi connectivity index (χ1) is 8.11. The Kier molecular flexibility index (Phi) is 3.29. The van der Waals surface area contributed by atoms with E-state index in [1.807, 2.05) is 32.0 Å². The van der Waals surface area contributed by atoms with Gasteiger partial charge in [-0.25, -0.2) is 0 Å². The summed E-state index contributed by atoms with van der Waals surface area (Å²) in [4.78, 5) is 11.8. The normalized spacial score (nSPS) is 12.9. The largest absolute Gasteiger partial charge is 0.453 e. The highest BCUT2D eigenvalue weighted by atomic mass is 16.4. The number of aliphatic hydroxyl groups is 1. The van der Waals surface area contributed by atoms with Crippen LogP contribution < -0.4 is 0 Å². The summed E-state index contributed by atoms with van der Waals surface area (Å²) in [7, 11) is 0. The molecule has 1 heterocycles. The molecule has 3 nitrogen and oxygen atoms in total. The molecule has 3 heteroatoms. The van der Waals surface area contributed by atoms with Crippen LogP contribution in [0.2, 0.25) is 0 Å². The zero-order valence-electron chi connectivity index (χ0n) is 10.1. The molecule has 0 aliphatic heterocycles. The van der Waals surface area contributed by atoms with Crippen LogP contribution in [-0.4, -0.2) is 17.0 Å². The number of aryl methyl sites for hydroxylation is 1. The zero-order chi connectivity index (χ0) is 12.4. The average molecular weight is 232 g/mol. The second-order valence-electron chi connectivity index (χ2n) is 4.32. The maximum Gasteiger partial charge on any atom is 0.226 e. The number of aliphatic hydroxyl groups excluding tert-OH is 1.